The smallest absolute Gasteiger partial charge is 0.139 e. The summed E-state index contributed by atoms with van der Waals surface area (Å²) in [4.78, 5) is 24.3. The lowest BCUT2D eigenvalue weighted by molar-refractivity contribution is -0.130. The highest BCUT2D eigenvalue weighted by atomic mass is 16.1. The molecule has 2 heteroatoms. The first kappa shape index (κ1) is 12.6. The summed E-state index contributed by atoms with van der Waals surface area (Å²) in [5.74, 6) is 2.93. The molecule has 5 aliphatic rings. The van der Waals surface area contributed by atoms with Gasteiger partial charge in [-0.2, -0.15) is 0 Å². The Balaban J connectivity index is 1.56. The second-order valence-corrected chi connectivity index (χ2v) is 8.77. The number of allylic oxidation sites excluding steroid dienone is 2. The minimum absolute atomic E-state index is 0.0402. The fraction of sp³-hybridized carbons (Fsp3) is 0.789. The van der Waals surface area contributed by atoms with Gasteiger partial charge in [-0.1, -0.05) is 19.1 Å². The Kier molecular flexibility index (Phi) is 2.11. The van der Waals surface area contributed by atoms with Crippen LogP contribution in [0, 0.1) is 34.0 Å². The molecule has 0 radical (unpaired) electrons. The fourth-order valence-corrected chi connectivity index (χ4v) is 7.04. The van der Waals surface area contributed by atoms with Gasteiger partial charge in [0, 0.05) is 30.1 Å². The molecule has 0 N–H and O–H groups in total. The molecule has 0 bridgehead atoms. The van der Waals surface area contributed by atoms with Crippen molar-refractivity contribution in [1.82, 2.24) is 0 Å². The van der Waals surface area contributed by atoms with Crippen LogP contribution in [0.1, 0.15) is 58.3 Å². The van der Waals surface area contributed by atoms with Gasteiger partial charge in [0.1, 0.15) is 11.6 Å². The summed E-state index contributed by atoms with van der Waals surface area (Å²) >= 11 is 0. The Hall–Kier alpha value is -0.920. The molecular weight excluding hydrogens is 260 g/mol. The monoisotopic (exact) mass is 284 g/mol. The summed E-state index contributed by atoms with van der Waals surface area (Å²) in [5.41, 5.74) is 0.634. The third kappa shape index (κ3) is 1.27. The van der Waals surface area contributed by atoms with Crippen molar-refractivity contribution in [3.8, 4) is 0 Å². The second-order valence-electron chi connectivity index (χ2n) is 8.77. The lowest BCUT2D eigenvalue weighted by atomic mass is 9.52. The van der Waals surface area contributed by atoms with Crippen molar-refractivity contribution in [2.45, 2.75) is 58.3 Å². The van der Waals surface area contributed by atoms with E-state index >= 15 is 0 Å². The number of carbonyl (C=O) groups is 2. The van der Waals surface area contributed by atoms with Crippen LogP contribution < -0.4 is 0 Å². The first-order valence-electron chi connectivity index (χ1n) is 8.75. The standard InChI is InChI=1S/C19H24O2/c1-17-7-6-15-13(14(17)2-3-16(17)21)5-8-18-10-12(20)4-9-19(15,18)11-18/h5,8,13-15H,2-4,6-7,9-11H2,1H3/t13-,14-,15-,17-,18+,19-/m0/s1. The van der Waals surface area contributed by atoms with Crippen molar-refractivity contribution >= 4 is 11.6 Å². The average Bonchev–Trinajstić information content (AvgIpc) is 3.05. The summed E-state index contributed by atoms with van der Waals surface area (Å²) < 4.78 is 0. The van der Waals surface area contributed by atoms with E-state index in [0.717, 1.165) is 44.4 Å². The van der Waals surface area contributed by atoms with Crippen molar-refractivity contribution in [2.75, 3.05) is 0 Å². The van der Waals surface area contributed by atoms with Gasteiger partial charge in [-0.25, -0.2) is 0 Å². The molecule has 21 heavy (non-hydrogen) atoms. The molecule has 0 spiro atoms. The van der Waals surface area contributed by atoms with Gasteiger partial charge in [-0.05, 0) is 55.3 Å². The zero-order valence-corrected chi connectivity index (χ0v) is 12.9. The van der Waals surface area contributed by atoms with Crippen LogP contribution >= 0.6 is 0 Å². The maximum absolute atomic E-state index is 12.4. The van der Waals surface area contributed by atoms with Gasteiger partial charge in [0.25, 0.3) is 0 Å². The molecule has 0 amide bonds. The minimum atomic E-state index is -0.0402. The summed E-state index contributed by atoms with van der Waals surface area (Å²) in [6, 6.07) is 0. The Morgan fingerprint density at radius 1 is 1.10 bits per heavy atom. The van der Waals surface area contributed by atoms with Gasteiger partial charge in [0.15, 0.2) is 0 Å². The first-order valence-corrected chi connectivity index (χ1v) is 8.75. The van der Waals surface area contributed by atoms with Crippen LogP contribution in [-0.2, 0) is 9.59 Å². The van der Waals surface area contributed by atoms with E-state index < -0.39 is 0 Å². The Morgan fingerprint density at radius 2 is 1.95 bits per heavy atom. The molecule has 5 rings (SSSR count). The van der Waals surface area contributed by atoms with Crippen molar-refractivity contribution in [1.29, 1.82) is 0 Å². The molecule has 2 nitrogen and oxygen atoms in total. The number of Topliss-reactive ketones (excluding diaryl/α,β-unsaturated/α-hetero) is 2. The zero-order chi connectivity index (χ0) is 14.5. The number of fused-ring (bicyclic) bond motifs is 3. The van der Waals surface area contributed by atoms with Gasteiger partial charge in [-0.3, -0.25) is 9.59 Å². The first-order chi connectivity index (χ1) is 10.0. The molecule has 6 atom stereocenters. The van der Waals surface area contributed by atoms with E-state index in [0.29, 0.717) is 28.8 Å². The lowest BCUT2D eigenvalue weighted by Gasteiger charge is -2.51. The molecule has 4 saturated carbocycles. The molecule has 4 fully saturated rings. The molecular formula is C19H24O2. The maximum atomic E-state index is 12.4. The average molecular weight is 284 g/mol. The molecule has 5 aliphatic carbocycles. The topological polar surface area (TPSA) is 34.1 Å². The van der Waals surface area contributed by atoms with Crippen LogP contribution in [0.3, 0.4) is 0 Å². The van der Waals surface area contributed by atoms with Gasteiger partial charge in [-0.15, -0.1) is 0 Å². The molecule has 0 aromatic carbocycles. The quantitative estimate of drug-likeness (QED) is 0.636. The normalized spacial score (nSPS) is 57.3. The second kappa shape index (κ2) is 3.52. The molecule has 0 aromatic heterocycles. The van der Waals surface area contributed by atoms with Crippen molar-refractivity contribution < 1.29 is 9.59 Å². The molecule has 0 heterocycles. The summed E-state index contributed by atoms with van der Waals surface area (Å²) in [6.07, 6.45) is 13.0. The zero-order valence-electron chi connectivity index (χ0n) is 12.9. The van der Waals surface area contributed by atoms with Crippen LogP contribution in [0.4, 0.5) is 0 Å². The van der Waals surface area contributed by atoms with Gasteiger partial charge >= 0.3 is 0 Å². The molecule has 0 aromatic rings. The maximum Gasteiger partial charge on any atom is 0.139 e. The number of hydrogen-bond donors (Lipinski definition) is 0. The lowest BCUT2D eigenvalue weighted by Crippen LogP contribution is -2.47. The van der Waals surface area contributed by atoms with E-state index in [1.165, 1.54) is 12.8 Å². The van der Waals surface area contributed by atoms with Gasteiger partial charge in [0.2, 0.25) is 0 Å². The van der Waals surface area contributed by atoms with Gasteiger partial charge < -0.3 is 0 Å². The number of carbonyl (C=O) groups excluding carboxylic acids is 2. The third-order valence-electron chi connectivity index (χ3n) is 8.25. The Labute approximate surface area is 126 Å². The highest BCUT2D eigenvalue weighted by Gasteiger charge is 2.74. The number of hydrogen-bond acceptors (Lipinski definition) is 2. The predicted octanol–water partition coefficient (Wildman–Crippen LogP) is 3.70. The Morgan fingerprint density at radius 3 is 2.81 bits per heavy atom. The van der Waals surface area contributed by atoms with Crippen LogP contribution in [0.2, 0.25) is 0 Å². The van der Waals surface area contributed by atoms with Crippen molar-refractivity contribution in [2.24, 2.45) is 34.0 Å². The van der Waals surface area contributed by atoms with Crippen LogP contribution in [0.5, 0.6) is 0 Å². The van der Waals surface area contributed by atoms with Crippen molar-refractivity contribution in [3.63, 3.8) is 0 Å². The third-order valence-corrected chi connectivity index (χ3v) is 8.25. The van der Waals surface area contributed by atoms with E-state index in [4.69, 9.17) is 0 Å². The van der Waals surface area contributed by atoms with E-state index in [1.54, 1.807) is 0 Å². The Bertz CT molecular complexity index is 586. The van der Waals surface area contributed by atoms with Crippen LogP contribution in [0.15, 0.2) is 12.2 Å². The predicted molar refractivity (Wildman–Crippen MR) is 79.5 cm³/mol. The SMILES string of the molecule is C[C@]12CC[C@H]3[C@@H](C=C[C@]45CC(=O)CC[C@]34C5)[C@@H]1CCC2=O. The van der Waals surface area contributed by atoms with Crippen molar-refractivity contribution in [3.05, 3.63) is 12.2 Å². The van der Waals surface area contributed by atoms with E-state index in [1.807, 2.05) is 0 Å². The highest BCUT2D eigenvalue weighted by Crippen LogP contribution is 2.80. The number of rotatable bonds is 0. The molecule has 0 aliphatic heterocycles. The molecule has 112 valence electrons. The number of ketones is 2. The molecule has 0 saturated heterocycles. The summed E-state index contributed by atoms with van der Waals surface area (Å²) in [6.45, 7) is 2.23. The van der Waals surface area contributed by atoms with E-state index in [2.05, 4.69) is 19.1 Å². The van der Waals surface area contributed by atoms with Gasteiger partial charge in [0.05, 0.1) is 0 Å². The summed E-state index contributed by atoms with van der Waals surface area (Å²) in [7, 11) is 0. The molecule has 0 unspecified atom stereocenters. The van der Waals surface area contributed by atoms with Crippen LogP contribution in [-0.4, -0.2) is 11.6 Å². The summed E-state index contributed by atoms with van der Waals surface area (Å²) in [5, 5.41) is 0. The van der Waals surface area contributed by atoms with E-state index in [-0.39, 0.29) is 10.8 Å². The largest absolute Gasteiger partial charge is 0.300 e. The van der Waals surface area contributed by atoms with Crippen LogP contribution in [0.25, 0.3) is 0 Å². The highest BCUT2D eigenvalue weighted by molar-refractivity contribution is 5.87. The van der Waals surface area contributed by atoms with E-state index in [9.17, 15) is 9.59 Å². The fourth-order valence-electron chi connectivity index (χ4n) is 7.04. The minimum Gasteiger partial charge on any atom is -0.300 e.